The maximum atomic E-state index is 13.0. The van der Waals surface area contributed by atoms with Crippen molar-refractivity contribution in [3.05, 3.63) is 77.6 Å². The fourth-order valence-corrected chi connectivity index (χ4v) is 4.82. The molecule has 0 spiro atoms. The average molecular weight is 436 g/mol. The normalized spacial score (nSPS) is 17.1. The van der Waals surface area contributed by atoms with Crippen molar-refractivity contribution >= 4 is 17.7 Å². The Morgan fingerprint density at radius 1 is 1.10 bits per heavy atom. The molecule has 0 saturated carbocycles. The summed E-state index contributed by atoms with van der Waals surface area (Å²) in [7, 11) is 2.02. The highest BCUT2D eigenvalue weighted by atomic mass is 32.2. The van der Waals surface area contributed by atoms with Gasteiger partial charge >= 0.3 is 0 Å². The summed E-state index contributed by atoms with van der Waals surface area (Å²) in [5, 5.41) is 12.9. The van der Waals surface area contributed by atoms with E-state index in [-0.39, 0.29) is 11.9 Å². The van der Waals surface area contributed by atoms with E-state index in [2.05, 4.69) is 49.2 Å². The van der Waals surface area contributed by atoms with Gasteiger partial charge in [0.1, 0.15) is 5.82 Å². The number of amides is 1. The monoisotopic (exact) mass is 435 g/mol. The van der Waals surface area contributed by atoms with Crippen LogP contribution < -0.4 is 5.32 Å². The molecule has 1 amide bonds. The topological polar surface area (TPSA) is 63.1 Å². The van der Waals surface area contributed by atoms with Crippen LogP contribution in [0.2, 0.25) is 0 Å². The van der Waals surface area contributed by atoms with Crippen molar-refractivity contribution in [1.29, 1.82) is 0 Å². The first kappa shape index (κ1) is 21.6. The summed E-state index contributed by atoms with van der Waals surface area (Å²) in [5.74, 6) is 1.36. The zero-order chi connectivity index (χ0) is 21.6. The van der Waals surface area contributed by atoms with Gasteiger partial charge in [0, 0.05) is 19.5 Å². The van der Waals surface area contributed by atoms with Gasteiger partial charge in [0.2, 0.25) is 5.91 Å². The number of carbonyl (C=O) groups is 1. The number of thioether (sulfide) groups is 1. The van der Waals surface area contributed by atoms with Crippen molar-refractivity contribution in [2.75, 3.05) is 25.9 Å². The molecule has 1 aromatic heterocycles. The predicted octanol–water partition coefficient (Wildman–Crippen LogP) is 3.62. The van der Waals surface area contributed by atoms with Crippen LogP contribution in [0.25, 0.3) is 0 Å². The summed E-state index contributed by atoms with van der Waals surface area (Å²) >= 11 is 1.61. The SMILES string of the molecule is CSc1nnc(C2CCCN(CC(=O)NC(c3ccccc3)c3ccccc3)C2)n1C. The van der Waals surface area contributed by atoms with E-state index in [0.717, 1.165) is 48.0 Å². The average Bonchev–Trinajstić information content (AvgIpc) is 3.19. The Bertz CT molecular complexity index is 952. The fourth-order valence-electron chi connectivity index (χ4n) is 4.33. The molecule has 2 heterocycles. The third-order valence-electron chi connectivity index (χ3n) is 5.86. The number of nitrogens with zero attached hydrogens (tertiary/aromatic N) is 4. The van der Waals surface area contributed by atoms with Crippen molar-refractivity contribution < 1.29 is 4.79 Å². The highest BCUT2D eigenvalue weighted by Crippen LogP contribution is 2.27. The van der Waals surface area contributed by atoms with Crippen LogP contribution in [0.4, 0.5) is 0 Å². The molecule has 3 aromatic rings. The van der Waals surface area contributed by atoms with Gasteiger partial charge in [-0.2, -0.15) is 0 Å². The molecule has 6 nitrogen and oxygen atoms in total. The first-order chi connectivity index (χ1) is 15.2. The molecule has 1 aliphatic rings. The molecule has 0 aliphatic carbocycles. The van der Waals surface area contributed by atoms with Gasteiger partial charge in [0.05, 0.1) is 12.6 Å². The summed E-state index contributed by atoms with van der Waals surface area (Å²) in [6.45, 7) is 2.15. The first-order valence-corrected chi connectivity index (χ1v) is 11.9. The largest absolute Gasteiger partial charge is 0.344 e. The van der Waals surface area contributed by atoms with E-state index in [1.54, 1.807) is 11.8 Å². The molecule has 2 aromatic carbocycles. The molecule has 1 N–H and O–H groups in total. The lowest BCUT2D eigenvalue weighted by molar-refractivity contribution is -0.123. The Labute approximate surface area is 188 Å². The Balaban J connectivity index is 1.43. The first-order valence-electron chi connectivity index (χ1n) is 10.7. The van der Waals surface area contributed by atoms with E-state index in [1.165, 1.54) is 0 Å². The van der Waals surface area contributed by atoms with Gasteiger partial charge in [0.25, 0.3) is 0 Å². The minimum atomic E-state index is -0.154. The van der Waals surface area contributed by atoms with Gasteiger partial charge in [-0.05, 0) is 36.8 Å². The molecule has 1 fully saturated rings. The standard InChI is InChI=1S/C24H29N5OS/c1-28-23(26-27-24(28)31-2)20-14-9-15-29(16-20)17-21(30)25-22(18-10-5-3-6-11-18)19-12-7-4-8-13-19/h3-8,10-13,20,22H,9,14-17H2,1-2H3,(H,25,30). The summed E-state index contributed by atoms with van der Waals surface area (Å²) in [5.41, 5.74) is 2.17. The van der Waals surface area contributed by atoms with Gasteiger partial charge in [-0.15, -0.1) is 10.2 Å². The number of likely N-dealkylation sites (tertiary alicyclic amines) is 1. The van der Waals surface area contributed by atoms with Crippen LogP contribution in [0.1, 0.15) is 41.8 Å². The highest BCUT2D eigenvalue weighted by molar-refractivity contribution is 7.98. The third kappa shape index (κ3) is 5.17. The molecule has 1 atom stereocenters. The predicted molar refractivity (Wildman–Crippen MR) is 124 cm³/mol. The second-order valence-electron chi connectivity index (χ2n) is 8.00. The molecule has 0 bridgehead atoms. The van der Waals surface area contributed by atoms with Crippen LogP contribution in [0.3, 0.4) is 0 Å². The van der Waals surface area contributed by atoms with Gasteiger partial charge in [-0.25, -0.2) is 0 Å². The van der Waals surface area contributed by atoms with Gasteiger partial charge in [-0.3, -0.25) is 9.69 Å². The van der Waals surface area contributed by atoms with Crippen LogP contribution in [-0.4, -0.2) is 51.5 Å². The Hall–Kier alpha value is -2.64. The van der Waals surface area contributed by atoms with E-state index in [4.69, 9.17) is 0 Å². The lowest BCUT2D eigenvalue weighted by Crippen LogP contribution is -2.43. The van der Waals surface area contributed by atoms with Gasteiger partial charge < -0.3 is 9.88 Å². The zero-order valence-electron chi connectivity index (χ0n) is 18.1. The van der Waals surface area contributed by atoms with Crippen LogP contribution in [0.5, 0.6) is 0 Å². The van der Waals surface area contributed by atoms with Crippen LogP contribution in [0.15, 0.2) is 65.8 Å². The maximum absolute atomic E-state index is 13.0. The van der Waals surface area contributed by atoms with Gasteiger partial charge in [0.15, 0.2) is 5.16 Å². The molecule has 4 rings (SSSR count). The van der Waals surface area contributed by atoms with Crippen LogP contribution >= 0.6 is 11.8 Å². The van der Waals surface area contributed by atoms with E-state index in [0.29, 0.717) is 12.5 Å². The number of benzene rings is 2. The lowest BCUT2D eigenvalue weighted by Gasteiger charge is -2.32. The molecule has 0 radical (unpaired) electrons. The maximum Gasteiger partial charge on any atom is 0.234 e. The van der Waals surface area contributed by atoms with Crippen LogP contribution in [0, 0.1) is 0 Å². The molecule has 1 saturated heterocycles. The number of nitrogens with one attached hydrogen (secondary N) is 1. The molecule has 1 aliphatic heterocycles. The number of carbonyl (C=O) groups excluding carboxylic acids is 1. The van der Waals surface area contributed by atoms with E-state index in [1.807, 2.05) is 49.7 Å². The molecule has 31 heavy (non-hydrogen) atoms. The minimum absolute atomic E-state index is 0.0427. The fraction of sp³-hybridized carbons (Fsp3) is 0.375. The van der Waals surface area contributed by atoms with E-state index in [9.17, 15) is 4.79 Å². The molecular weight excluding hydrogens is 406 g/mol. The number of aromatic nitrogens is 3. The Kier molecular flexibility index (Phi) is 7.04. The smallest absolute Gasteiger partial charge is 0.234 e. The van der Waals surface area contributed by atoms with Crippen molar-refractivity contribution in [2.45, 2.75) is 30.0 Å². The molecule has 7 heteroatoms. The molecule has 162 valence electrons. The van der Waals surface area contributed by atoms with Crippen molar-refractivity contribution in [2.24, 2.45) is 7.05 Å². The Morgan fingerprint density at radius 2 is 1.74 bits per heavy atom. The summed E-state index contributed by atoms with van der Waals surface area (Å²) in [6.07, 6.45) is 4.15. The van der Waals surface area contributed by atoms with Crippen molar-refractivity contribution in [1.82, 2.24) is 25.0 Å². The zero-order valence-corrected chi connectivity index (χ0v) is 18.9. The lowest BCUT2D eigenvalue weighted by atomic mass is 9.97. The second-order valence-corrected chi connectivity index (χ2v) is 8.77. The molecule has 1 unspecified atom stereocenters. The number of hydrogen-bond donors (Lipinski definition) is 1. The summed E-state index contributed by atoms with van der Waals surface area (Å²) in [6, 6.07) is 20.1. The molecular formula is C24H29N5OS. The second kappa shape index (κ2) is 10.1. The summed E-state index contributed by atoms with van der Waals surface area (Å²) < 4.78 is 2.08. The number of hydrogen-bond acceptors (Lipinski definition) is 5. The van der Waals surface area contributed by atoms with E-state index >= 15 is 0 Å². The summed E-state index contributed by atoms with van der Waals surface area (Å²) in [4.78, 5) is 15.3. The van der Waals surface area contributed by atoms with E-state index < -0.39 is 0 Å². The quantitative estimate of drug-likeness (QED) is 0.575. The minimum Gasteiger partial charge on any atom is -0.344 e. The highest BCUT2D eigenvalue weighted by Gasteiger charge is 2.27. The number of rotatable bonds is 7. The van der Waals surface area contributed by atoms with Gasteiger partial charge in [-0.1, -0.05) is 72.4 Å². The third-order valence-corrected chi connectivity index (χ3v) is 6.58. The Morgan fingerprint density at radius 3 is 2.32 bits per heavy atom. The van der Waals surface area contributed by atoms with Crippen molar-refractivity contribution in [3.8, 4) is 0 Å². The number of piperidine rings is 1. The van der Waals surface area contributed by atoms with Crippen LogP contribution in [-0.2, 0) is 11.8 Å². The van der Waals surface area contributed by atoms with Crippen molar-refractivity contribution in [3.63, 3.8) is 0 Å².